The molecule has 0 radical (unpaired) electrons. The molecule has 0 unspecified atom stereocenters. The normalized spacial score (nSPS) is 10.9. The fourth-order valence-corrected chi connectivity index (χ4v) is 3.47. The highest BCUT2D eigenvalue weighted by molar-refractivity contribution is 7.98. The van der Waals surface area contributed by atoms with Gasteiger partial charge in [0.2, 0.25) is 0 Å². The van der Waals surface area contributed by atoms with Crippen LogP contribution in [-0.2, 0) is 5.75 Å². The van der Waals surface area contributed by atoms with Gasteiger partial charge in [0.1, 0.15) is 10.7 Å². The molecule has 0 fully saturated rings. The minimum absolute atomic E-state index is 0.184. The molecule has 2 aromatic heterocycles. The summed E-state index contributed by atoms with van der Waals surface area (Å²) in [7, 11) is 0. The van der Waals surface area contributed by atoms with Gasteiger partial charge in [0.15, 0.2) is 5.11 Å². The molecule has 2 heterocycles. The molecule has 3 aromatic rings. The quantitative estimate of drug-likeness (QED) is 0.156. The monoisotopic (exact) mass is 409 g/mol. The van der Waals surface area contributed by atoms with Crippen LogP contribution in [0.15, 0.2) is 82.3 Å². The van der Waals surface area contributed by atoms with E-state index < -0.39 is 0 Å². The molecule has 3 rings (SSSR count). The molecule has 2 N–H and O–H groups in total. The number of aromatic nitrogens is 2. The number of hydrazone groups is 1. The van der Waals surface area contributed by atoms with Gasteiger partial charge in [0.05, 0.1) is 11.8 Å². The molecule has 1 aromatic carbocycles. The SMILES string of the molecule is C=CCNC(=S)N/N=C\c1c(SCc2ccccc2)nc2ccccn2c1=O. The third kappa shape index (κ3) is 5.05. The molecule has 0 atom stereocenters. The van der Waals surface area contributed by atoms with Gasteiger partial charge in [-0.25, -0.2) is 4.98 Å². The van der Waals surface area contributed by atoms with Gasteiger partial charge in [0, 0.05) is 18.5 Å². The molecule has 28 heavy (non-hydrogen) atoms. The zero-order valence-electron chi connectivity index (χ0n) is 15.0. The first kappa shape index (κ1) is 19.8. The smallest absolute Gasteiger partial charge is 0.267 e. The van der Waals surface area contributed by atoms with E-state index in [1.54, 1.807) is 18.3 Å². The van der Waals surface area contributed by atoms with Crippen LogP contribution in [-0.4, -0.2) is 27.3 Å². The van der Waals surface area contributed by atoms with Gasteiger partial charge in [-0.3, -0.25) is 14.6 Å². The van der Waals surface area contributed by atoms with Crippen LogP contribution in [0.3, 0.4) is 0 Å². The van der Waals surface area contributed by atoms with Crippen LogP contribution in [0.2, 0.25) is 0 Å². The number of thioether (sulfide) groups is 1. The Morgan fingerprint density at radius 3 is 2.82 bits per heavy atom. The van der Waals surface area contributed by atoms with Crippen LogP contribution in [0.25, 0.3) is 5.65 Å². The van der Waals surface area contributed by atoms with Crippen molar-refractivity contribution in [2.75, 3.05) is 6.54 Å². The van der Waals surface area contributed by atoms with Gasteiger partial charge >= 0.3 is 0 Å². The summed E-state index contributed by atoms with van der Waals surface area (Å²) in [4.78, 5) is 17.6. The van der Waals surface area contributed by atoms with Gasteiger partial charge < -0.3 is 5.32 Å². The van der Waals surface area contributed by atoms with Gasteiger partial charge in [0.25, 0.3) is 5.56 Å². The molecule has 0 saturated heterocycles. The molecule has 0 aliphatic carbocycles. The van der Waals surface area contributed by atoms with E-state index in [0.717, 1.165) is 5.56 Å². The van der Waals surface area contributed by atoms with E-state index in [-0.39, 0.29) is 5.56 Å². The van der Waals surface area contributed by atoms with Crippen molar-refractivity contribution in [2.45, 2.75) is 10.8 Å². The summed E-state index contributed by atoms with van der Waals surface area (Å²) in [5.74, 6) is 0.698. The predicted molar refractivity (Wildman–Crippen MR) is 119 cm³/mol. The van der Waals surface area contributed by atoms with Crippen molar-refractivity contribution in [3.05, 3.63) is 88.9 Å². The van der Waals surface area contributed by atoms with E-state index in [1.165, 1.54) is 22.4 Å². The third-order valence-corrected chi connectivity index (χ3v) is 5.02. The Morgan fingerprint density at radius 1 is 1.25 bits per heavy atom. The van der Waals surface area contributed by atoms with Gasteiger partial charge in [-0.15, -0.1) is 18.3 Å². The van der Waals surface area contributed by atoms with Crippen molar-refractivity contribution in [3.8, 4) is 0 Å². The van der Waals surface area contributed by atoms with Crippen LogP contribution in [0.5, 0.6) is 0 Å². The molecule has 142 valence electrons. The summed E-state index contributed by atoms with van der Waals surface area (Å²) in [5, 5.41) is 7.98. The fourth-order valence-electron chi connectivity index (χ4n) is 2.39. The number of benzene rings is 1. The van der Waals surface area contributed by atoms with Crippen molar-refractivity contribution >= 4 is 41.0 Å². The summed E-state index contributed by atoms with van der Waals surface area (Å²) in [5.41, 5.74) is 4.67. The minimum atomic E-state index is -0.184. The van der Waals surface area contributed by atoms with E-state index in [2.05, 4.69) is 27.4 Å². The Labute approximate surface area is 172 Å². The maximum atomic E-state index is 12.9. The average Bonchev–Trinajstić information content (AvgIpc) is 2.73. The largest absolute Gasteiger partial charge is 0.358 e. The Balaban J connectivity index is 1.89. The van der Waals surface area contributed by atoms with Crippen LogP contribution in [0.4, 0.5) is 0 Å². The summed E-state index contributed by atoms with van der Waals surface area (Å²) >= 11 is 6.60. The van der Waals surface area contributed by atoms with Crippen LogP contribution < -0.4 is 16.3 Å². The van der Waals surface area contributed by atoms with Crippen LogP contribution >= 0.6 is 24.0 Å². The molecule has 0 aliphatic heterocycles. The first-order chi connectivity index (χ1) is 13.7. The Kier molecular flexibility index (Phi) is 6.94. The predicted octanol–water partition coefficient (Wildman–Crippen LogP) is 2.97. The zero-order valence-corrected chi connectivity index (χ0v) is 16.7. The zero-order chi connectivity index (χ0) is 19.8. The second kappa shape index (κ2) is 9.82. The van der Waals surface area contributed by atoms with Crippen molar-refractivity contribution < 1.29 is 0 Å². The highest BCUT2D eigenvalue weighted by Crippen LogP contribution is 2.22. The second-order valence-electron chi connectivity index (χ2n) is 5.71. The average molecular weight is 410 g/mol. The third-order valence-electron chi connectivity index (χ3n) is 3.72. The van der Waals surface area contributed by atoms with E-state index in [9.17, 15) is 4.79 Å². The standard InChI is InChI=1S/C20H19N5OS2/c1-2-11-21-20(27)24-22-13-16-18(28-14-15-8-4-3-5-9-15)23-17-10-6-7-12-25(17)19(16)26/h2-10,12-13H,1,11,14H2,(H2,21,24,27)/b22-13-. The lowest BCUT2D eigenvalue weighted by molar-refractivity contribution is 0.935. The Hall–Kier alpha value is -2.97. The number of nitrogens with zero attached hydrogens (tertiary/aromatic N) is 3. The molecule has 8 heteroatoms. The Morgan fingerprint density at radius 2 is 2.04 bits per heavy atom. The highest BCUT2D eigenvalue weighted by atomic mass is 32.2. The molecule has 0 aliphatic rings. The van der Waals surface area contributed by atoms with E-state index in [0.29, 0.717) is 33.6 Å². The van der Waals surface area contributed by atoms with Crippen molar-refractivity contribution in [2.24, 2.45) is 5.10 Å². The van der Waals surface area contributed by atoms with Crippen LogP contribution in [0.1, 0.15) is 11.1 Å². The summed E-state index contributed by atoms with van der Waals surface area (Å²) in [6.45, 7) is 4.14. The number of hydrogen-bond donors (Lipinski definition) is 2. The summed E-state index contributed by atoms with van der Waals surface area (Å²) < 4.78 is 1.50. The van der Waals surface area contributed by atoms with Crippen molar-refractivity contribution in [3.63, 3.8) is 0 Å². The molecule has 0 bridgehead atoms. The van der Waals surface area contributed by atoms with E-state index >= 15 is 0 Å². The number of pyridine rings is 1. The van der Waals surface area contributed by atoms with Gasteiger partial charge in [-0.2, -0.15) is 5.10 Å². The van der Waals surface area contributed by atoms with Crippen LogP contribution in [0, 0.1) is 0 Å². The fraction of sp³-hybridized carbons (Fsp3) is 0.100. The number of fused-ring (bicyclic) bond motifs is 1. The Bertz CT molecular complexity index is 1060. The van der Waals surface area contributed by atoms with Crippen molar-refractivity contribution in [1.82, 2.24) is 20.1 Å². The van der Waals surface area contributed by atoms with E-state index in [4.69, 9.17) is 12.2 Å². The molecular weight excluding hydrogens is 390 g/mol. The minimum Gasteiger partial charge on any atom is -0.358 e. The first-order valence-corrected chi connectivity index (χ1v) is 9.94. The summed E-state index contributed by atoms with van der Waals surface area (Å²) in [6.07, 6.45) is 4.84. The molecule has 0 saturated carbocycles. The van der Waals surface area contributed by atoms with Gasteiger partial charge in [-0.1, -0.05) is 42.5 Å². The van der Waals surface area contributed by atoms with Gasteiger partial charge in [-0.05, 0) is 29.9 Å². The molecule has 0 amide bonds. The molecule has 6 nitrogen and oxygen atoms in total. The highest BCUT2D eigenvalue weighted by Gasteiger charge is 2.12. The number of rotatable bonds is 7. The first-order valence-electron chi connectivity index (χ1n) is 8.55. The number of thiocarbonyl (C=S) groups is 1. The van der Waals surface area contributed by atoms with E-state index in [1.807, 2.05) is 42.5 Å². The topological polar surface area (TPSA) is 70.8 Å². The number of hydrogen-bond acceptors (Lipinski definition) is 5. The lowest BCUT2D eigenvalue weighted by Crippen LogP contribution is -2.32. The maximum absolute atomic E-state index is 12.9. The molecule has 0 spiro atoms. The maximum Gasteiger partial charge on any atom is 0.267 e. The second-order valence-corrected chi connectivity index (χ2v) is 7.08. The summed E-state index contributed by atoms with van der Waals surface area (Å²) in [6, 6.07) is 15.5. The van der Waals surface area contributed by atoms with Crippen molar-refractivity contribution in [1.29, 1.82) is 0 Å². The lowest BCUT2D eigenvalue weighted by Gasteiger charge is -2.08. The molecular formula is C20H19N5OS2. The number of nitrogens with one attached hydrogen (secondary N) is 2. The lowest BCUT2D eigenvalue weighted by atomic mass is 10.2.